The molecule has 5 heteroatoms. The summed E-state index contributed by atoms with van der Waals surface area (Å²) in [5.41, 5.74) is 1.20. The first-order valence-corrected chi connectivity index (χ1v) is 5.62. The predicted molar refractivity (Wildman–Crippen MR) is 65.9 cm³/mol. The molecule has 1 aromatic rings. The van der Waals surface area contributed by atoms with Crippen LogP contribution >= 0.6 is 0 Å². The second-order valence-electron chi connectivity index (χ2n) is 3.72. The van der Waals surface area contributed by atoms with Gasteiger partial charge in [-0.1, -0.05) is 0 Å². The summed E-state index contributed by atoms with van der Waals surface area (Å²) >= 11 is 0. The minimum atomic E-state index is -1.38. The summed E-state index contributed by atoms with van der Waals surface area (Å²) in [4.78, 5) is 11.4. The van der Waals surface area contributed by atoms with Crippen molar-refractivity contribution in [1.29, 1.82) is 0 Å². The van der Waals surface area contributed by atoms with Crippen molar-refractivity contribution < 1.29 is 24.1 Å². The molecule has 0 aromatic heterocycles. The molecule has 0 spiro atoms. The van der Waals surface area contributed by atoms with Gasteiger partial charge in [0, 0.05) is 5.56 Å². The zero-order valence-electron chi connectivity index (χ0n) is 11.0. The van der Waals surface area contributed by atoms with Gasteiger partial charge in [-0.15, -0.1) is 0 Å². The maximum atomic E-state index is 11.4. The summed E-state index contributed by atoms with van der Waals surface area (Å²) in [5, 5.41) is 9.87. The summed E-state index contributed by atoms with van der Waals surface area (Å²) in [6.07, 6.45) is -1.38. The molecule has 0 radical (unpaired) electrons. The maximum absolute atomic E-state index is 11.4. The molecule has 0 heterocycles. The first-order valence-electron chi connectivity index (χ1n) is 5.62. The van der Waals surface area contributed by atoms with Crippen LogP contribution < -0.4 is 9.47 Å². The number of hydrogen-bond acceptors (Lipinski definition) is 5. The van der Waals surface area contributed by atoms with E-state index in [0.29, 0.717) is 23.7 Å². The second kappa shape index (κ2) is 6.26. The van der Waals surface area contributed by atoms with Gasteiger partial charge in [-0.3, -0.25) is 0 Å². The minimum absolute atomic E-state index is 0.332. The first kappa shape index (κ1) is 14.3. The van der Waals surface area contributed by atoms with Gasteiger partial charge in [-0.2, -0.15) is 0 Å². The van der Waals surface area contributed by atoms with Gasteiger partial charge >= 0.3 is 5.97 Å². The summed E-state index contributed by atoms with van der Waals surface area (Å²) in [5.74, 6) is 0.296. The average Bonchev–Trinajstić information content (AvgIpc) is 2.39. The van der Waals surface area contributed by atoms with Crippen LogP contribution in [0.5, 0.6) is 11.5 Å². The topological polar surface area (TPSA) is 65.0 Å². The fraction of sp³-hybridized carbons (Fsp3) is 0.462. The van der Waals surface area contributed by atoms with E-state index in [2.05, 4.69) is 4.74 Å². The van der Waals surface area contributed by atoms with Crippen LogP contribution in [-0.4, -0.2) is 31.9 Å². The Morgan fingerprint density at radius 3 is 2.50 bits per heavy atom. The van der Waals surface area contributed by atoms with Crippen molar-refractivity contribution in [2.24, 2.45) is 0 Å². The van der Waals surface area contributed by atoms with Crippen LogP contribution in [0.4, 0.5) is 0 Å². The number of aryl methyl sites for hydroxylation is 1. The van der Waals surface area contributed by atoms with E-state index >= 15 is 0 Å². The maximum Gasteiger partial charge on any atom is 0.339 e. The largest absolute Gasteiger partial charge is 0.496 e. The number of benzene rings is 1. The van der Waals surface area contributed by atoms with Gasteiger partial charge in [0.15, 0.2) is 6.10 Å². The van der Waals surface area contributed by atoms with Crippen molar-refractivity contribution >= 4 is 5.97 Å². The quantitative estimate of drug-likeness (QED) is 0.809. The lowest BCUT2D eigenvalue weighted by atomic mass is 10.0. The smallest absolute Gasteiger partial charge is 0.339 e. The Balaban J connectivity index is 3.22. The Hall–Kier alpha value is -1.75. The van der Waals surface area contributed by atoms with E-state index in [9.17, 15) is 9.90 Å². The average molecular weight is 254 g/mol. The fourth-order valence-electron chi connectivity index (χ4n) is 1.62. The van der Waals surface area contributed by atoms with Crippen LogP contribution in [0.15, 0.2) is 12.1 Å². The van der Waals surface area contributed by atoms with E-state index in [4.69, 9.17) is 9.47 Å². The van der Waals surface area contributed by atoms with Crippen molar-refractivity contribution in [2.45, 2.75) is 20.0 Å². The number of ether oxygens (including phenoxy) is 3. The van der Waals surface area contributed by atoms with E-state index in [1.807, 2.05) is 13.8 Å². The molecule has 0 saturated carbocycles. The highest BCUT2D eigenvalue weighted by Crippen LogP contribution is 2.33. The molecule has 0 saturated heterocycles. The molecule has 1 rings (SSSR count). The number of aliphatic hydroxyl groups excluding tert-OH is 1. The van der Waals surface area contributed by atoms with Crippen molar-refractivity contribution in [3.05, 3.63) is 23.3 Å². The summed E-state index contributed by atoms with van der Waals surface area (Å²) in [6.45, 7) is 4.23. The highest BCUT2D eigenvalue weighted by atomic mass is 16.5. The molecule has 5 nitrogen and oxygen atoms in total. The molecule has 1 N–H and O–H groups in total. The monoisotopic (exact) mass is 254 g/mol. The van der Waals surface area contributed by atoms with Crippen LogP contribution in [0, 0.1) is 6.92 Å². The number of esters is 1. The molecule has 0 fully saturated rings. The fourth-order valence-corrected chi connectivity index (χ4v) is 1.62. The lowest BCUT2D eigenvalue weighted by Crippen LogP contribution is -2.15. The van der Waals surface area contributed by atoms with Crippen LogP contribution in [0.1, 0.15) is 24.2 Å². The molecule has 0 aliphatic heterocycles. The zero-order valence-corrected chi connectivity index (χ0v) is 11.0. The third-order valence-electron chi connectivity index (χ3n) is 2.55. The minimum Gasteiger partial charge on any atom is -0.496 e. The van der Waals surface area contributed by atoms with Gasteiger partial charge in [0.25, 0.3) is 0 Å². The number of aliphatic hydroxyl groups is 1. The molecule has 0 aliphatic rings. The van der Waals surface area contributed by atoms with E-state index in [-0.39, 0.29) is 0 Å². The van der Waals surface area contributed by atoms with E-state index in [1.165, 1.54) is 14.2 Å². The van der Waals surface area contributed by atoms with Gasteiger partial charge in [0.2, 0.25) is 0 Å². The molecule has 1 atom stereocenters. The van der Waals surface area contributed by atoms with Gasteiger partial charge < -0.3 is 19.3 Å². The number of hydrogen-bond donors (Lipinski definition) is 1. The third kappa shape index (κ3) is 2.92. The van der Waals surface area contributed by atoms with Crippen LogP contribution in [0.2, 0.25) is 0 Å². The van der Waals surface area contributed by atoms with E-state index in [1.54, 1.807) is 12.1 Å². The zero-order chi connectivity index (χ0) is 13.7. The Morgan fingerprint density at radius 2 is 2.00 bits per heavy atom. The van der Waals surface area contributed by atoms with Gasteiger partial charge in [0.1, 0.15) is 11.5 Å². The van der Waals surface area contributed by atoms with Crippen LogP contribution in [-0.2, 0) is 9.53 Å². The number of carbonyl (C=O) groups excluding carboxylic acids is 1. The molecular formula is C13H18O5. The SMILES string of the molecule is CCOc1cc(C(O)C(=O)OC)c(OC)cc1C. The molecule has 0 bridgehead atoms. The molecule has 1 aromatic carbocycles. The number of methoxy groups -OCH3 is 2. The molecular weight excluding hydrogens is 236 g/mol. The normalized spacial score (nSPS) is 11.8. The van der Waals surface area contributed by atoms with Crippen molar-refractivity contribution in [3.8, 4) is 11.5 Å². The molecule has 0 aliphatic carbocycles. The lowest BCUT2D eigenvalue weighted by Gasteiger charge is -2.16. The second-order valence-corrected chi connectivity index (χ2v) is 3.72. The number of carbonyl (C=O) groups is 1. The summed E-state index contributed by atoms with van der Waals surface area (Å²) < 4.78 is 15.1. The van der Waals surface area contributed by atoms with Crippen LogP contribution in [0.25, 0.3) is 0 Å². The predicted octanol–water partition coefficient (Wildman–Crippen LogP) is 1.61. The van der Waals surface area contributed by atoms with E-state index in [0.717, 1.165) is 5.56 Å². The Labute approximate surface area is 106 Å². The van der Waals surface area contributed by atoms with Gasteiger partial charge in [0.05, 0.1) is 20.8 Å². The highest BCUT2D eigenvalue weighted by Gasteiger charge is 2.23. The molecule has 18 heavy (non-hydrogen) atoms. The summed E-state index contributed by atoms with van der Waals surface area (Å²) in [7, 11) is 2.69. The first-order chi connectivity index (χ1) is 8.54. The number of rotatable bonds is 5. The summed E-state index contributed by atoms with van der Waals surface area (Å²) in [6, 6.07) is 3.31. The van der Waals surface area contributed by atoms with Gasteiger partial charge in [-0.25, -0.2) is 4.79 Å². The van der Waals surface area contributed by atoms with Crippen molar-refractivity contribution in [1.82, 2.24) is 0 Å². The standard InChI is InChI=1S/C13H18O5/c1-5-18-10-7-9(12(14)13(15)17-4)11(16-3)6-8(10)2/h6-7,12,14H,5H2,1-4H3. The van der Waals surface area contributed by atoms with Gasteiger partial charge in [-0.05, 0) is 31.5 Å². The molecule has 1 unspecified atom stereocenters. The Bertz CT molecular complexity index is 428. The third-order valence-corrected chi connectivity index (χ3v) is 2.55. The lowest BCUT2D eigenvalue weighted by molar-refractivity contribution is -0.150. The van der Waals surface area contributed by atoms with Crippen LogP contribution in [0.3, 0.4) is 0 Å². The Morgan fingerprint density at radius 1 is 1.33 bits per heavy atom. The van der Waals surface area contributed by atoms with E-state index < -0.39 is 12.1 Å². The molecule has 100 valence electrons. The molecule has 0 amide bonds. The Kier molecular flexibility index (Phi) is 4.97. The van der Waals surface area contributed by atoms with Crippen molar-refractivity contribution in [2.75, 3.05) is 20.8 Å². The van der Waals surface area contributed by atoms with Crippen molar-refractivity contribution in [3.63, 3.8) is 0 Å². The highest BCUT2D eigenvalue weighted by molar-refractivity contribution is 5.77.